The molecule has 0 bridgehead atoms. The van der Waals surface area contributed by atoms with Crippen LogP contribution >= 0.6 is 11.9 Å². The van der Waals surface area contributed by atoms with E-state index < -0.39 is 0 Å². The van der Waals surface area contributed by atoms with Crippen LogP contribution in [0.2, 0.25) is 0 Å². The van der Waals surface area contributed by atoms with Gasteiger partial charge >= 0.3 is 0 Å². The molecule has 2 aromatic rings. The lowest BCUT2D eigenvalue weighted by Crippen LogP contribution is -1.95. The van der Waals surface area contributed by atoms with Gasteiger partial charge in [-0.15, -0.1) is 0 Å². The third-order valence-electron chi connectivity index (χ3n) is 4.23. The van der Waals surface area contributed by atoms with Crippen molar-refractivity contribution in [1.29, 1.82) is 0 Å². The van der Waals surface area contributed by atoms with Crippen molar-refractivity contribution in [2.24, 2.45) is 0 Å². The van der Waals surface area contributed by atoms with Crippen LogP contribution in [0.15, 0.2) is 60.6 Å². The number of ether oxygens (including phenoxy) is 4. The minimum Gasteiger partial charge on any atom is -0.503 e. The summed E-state index contributed by atoms with van der Waals surface area (Å²) < 4.78 is 24.6. The number of nitrogens with one attached hydrogen (secondary N) is 1. The topological polar surface area (TPSA) is 69.2 Å². The Balaban J connectivity index is 0.00000265. The quantitative estimate of drug-likeness (QED) is 0.159. The van der Waals surface area contributed by atoms with Crippen molar-refractivity contribution in [2.75, 3.05) is 33.2 Å². The third-order valence-corrected chi connectivity index (χ3v) is 5.10. The summed E-state index contributed by atoms with van der Waals surface area (Å²) in [5, 5.41) is 10.5. The van der Waals surface area contributed by atoms with Crippen molar-refractivity contribution >= 4 is 29.8 Å². The molecular formula is C26H33NO5S. The molecule has 0 aliphatic carbocycles. The Hall–Kier alpha value is -3.45. The molecule has 0 amide bonds. The standard InChI is InChI=1S/C24H27NO5S.C2H6/c1-7-9-18(8-2)31-25-19-12-16(13-20(27-3)23(19)26)10-11-17-14-21(28-4)24(30-6)22(15-17)29-5;1-2/h7-15,25-26H,1-2H2,3-6H3;1-2H3/b11-10-,18-9+;. The van der Waals surface area contributed by atoms with E-state index in [4.69, 9.17) is 18.9 Å². The molecule has 0 saturated carbocycles. The molecule has 0 aromatic heterocycles. The van der Waals surface area contributed by atoms with Crippen molar-refractivity contribution in [1.82, 2.24) is 0 Å². The lowest BCUT2D eigenvalue weighted by Gasteiger charge is -2.13. The van der Waals surface area contributed by atoms with E-state index in [9.17, 15) is 5.11 Å². The van der Waals surface area contributed by atoms with Gasteiger partial charge in [0.1, 0.15) is 0 Å². The number of aromatic hydroxyl groups is 1. The predicted molar refractivity (Wildman–Crippen MR) is 141 cm³/mol. The summed E-state index contributed by atoms with van der Waals surface area (Å²) in [5.41, 5.74) is 2.18. The molecule has 33 heavy (non-hydrogen) atoms. The van der Waals surface area contributed by atoms with Crippen molar-refractivity contribution in [3.63, 3.8) is 0 Å². The predicted octanol–water partition coefficient (Wildman–Crippen LogP) is 6.94. The summed E-state index contributed by atoms with van der Waals surface area (Å²) in [6.45, 7) is 11.4. The number of hydrogen-bond donors (Lipinski definition) is 2. The molecule has 0 radical (unpaired) electrons. The number of methoxy groups -OCH3 is 4. The molecule has 0 aliphatic heterocycles. The Kier molecular flexibility index (Phi) is 12.2. The molecule has 178 valence electrons. The van der Waals surface area contributed by atoms with Gasteiger partial charge in [-0.1, -0.05) is 51.3 Å². The maximum absolute atomic E-state index is 10.5. The first-order valence-corrected chi connectivity index (χ1v) is 11.1. The van der Waals surface area contributed by atoms with Crippen molar-refractivity contribution in [2.45, 2.75) is 13.8 Å². The van der Waals surface area contributed by atoms with Crippen LogP contribution in [0.1, 0.15) is 25.0 Å². The molecule has 2 aromatic carbocycles. The minimum atomic E-state index is 0.0157. The van der Waals surface area contributed by atoms with Crippen LogP contribution in [0.5, 0.6) is 28.7 Å². The highest BCUT2D eigenvalue weighted by molar-refractivity contribution is 8.04. The highest BCUT2D eigenvalue weighted by atomic mass is 32.2. The number of benzene rings is 2. The van der Waals surface area contributed by atoms with Gasteiger partial charge < -0.3 is 28.8 Å². The van der Waals surface area contributed by atoms with E-state index in [-0.39, 0.29) is 5.75 Å². The van der Waals surface area contributed by atoms with Crippen LogP contribution in [-0.2, 0) is 0 Å². The van der Waals surface area contributed by atoms with E-state index in [2.05, 4.69) is 17.9 Å². The number of hydrogen-bond acceptors (Lipinski definition) is 7. The van der Waals surface area contributed by atoms with Crippen molar-refractivity contribution in [3.8, 4) is 28.7 Å². The van der Waals surface area contributed by atoms with Crippen LogP contribution in [-0.4, -0.2) is 33.5 Å². The van der Waals surface area contributed by atoms with Gasteiger partial charge in [0, 0.05) is 4.91 Å². The molecule has 0 saturated heterocycles. The zero-order chi connectivity index (χ0) is 24.8. The average Bonchev–Trinajstić information content (AvgIpc) is 2.86. The van der Waals surface area contributed by atoms with E-state index in [0.29, 0.717) is 28.7 Å². The number of rotatable bonds is 11. The molecule has 0 heterocycles. The molecular weight excluding hydrogens is 438 g/mol. The second kappa shape index (κ2) is 14.6. The van der Waals surface area contributed by atoms with Gasteiger partial charge in [0.25, 0.3) is 0 Å². The second-order valence-electron chi connectivity index (χ2n) is 6.12. The summed E-state index contributed by atoms with van der Waals surface area (Å²) in [7, 11) is 6.21. The summed E-state index contributed by atoms with van der Waals surface area (Å²) >= 11 is 1.30. The number of phenolic OH excluding ortho intramolecular Hbond substituents is 1. The number of anilines is 1. The van der Waals surface area contributed by atoms with E-state index in [1.807, 2.05) is 50.3 Å². The van der Waals surface area contributed by atoms with Gasteiger partial charge in [-0.2, -0.15) is 0 Å². The average molecular weight is 472 g/mol. The summed E-state index contributed by atoms with van der Waals surface area (Å²) in [6, 6.07) is 7.25. The second-order valence-corrected chi connectivity index (χ2v) is 7.00. The van der Waals surface area contributed by atoms with Crippen molar-refractivity contribution < 1.29 is 24.1 Å². The lowest BCUT2D eigenvalue weighted by molar-refractivity contribution is 0.324. The molecule has 0 fully saturated rings. The summed E-state index contributed by atoms with van der Waals surface area (Å²) in [6.07, 6.45) is 8.98. The van der Waals surface area contributed by atoms with Crippen LogP contribution in [0, 0.1) is 0 Å². The Bertz CT molecular complexity index is 973. The van der Waals surface area contributed by atoms with Crippen LogP contribution in [0.25, 0.3) is 12.2 Å². The van der Waals surface area contributed by atoms with E-state index in [0.717, 1.165) is 16.0 Å². The van der Waals surface area contributed by atoms with Gasteiger partial charge in [0.05, 0.1) is 34.1 Å². The molecule has 0 unspecified atom stereocenters. The first kappa shape index (κ1) is 27.6. The highest BCUT2D eigenvalue weighted by Gasteiger charge is 2.13. The molecule has 6 nitrogen and oxygen atoms in total. The molecule has 0 atom stereocenters. The molecule has 2 rings (SSSR count). The molecule has 0 aliphatic rings. The summed E-state index contributed by atoms with van der Waals surface area (Å²) in [5.74, 6) is 2.02. The lowest BCUT2D eigenvalue weighted by atomic mass is 10.1. The third kappa shape index (κ3) is 7.57. The monoisotopic (exact) mass is 471 g/mol. The van der Waals surface area contributed by atoms with Crippen LogP contribution in [0.4, 0.5) is 5.69 Å². The maximum Gasteiger partial charge on any atom is 0.203 e. The Morgan fingerprint density at radius 1 is 0.848 bits per heavy atom. The normalized spacial score (nSPS) is 10.7. The fourth-order valence-electron chi connectivity index (χ4n) is 2.72. The fourth-order valence-corrected chi connectivity index (χ4v) is 3.35. The number of phenols is 1. The highest BCUT2D eigenvalue weighted by Crippen LogP contribution is 2.40. The molecule has 0 spiro atoms. The van der Waals surface area contributed by atoms with Crippen LogP contribution < -0.4 is 23.7 Å². The Labute approximate surface area is 201 Å². The SMILES string of the molecule is C=C/C=C(\C=C)SNc1cc(/C=C\c2cc(OC)c(OC)c(OC)c2)cc(OC)c1O.CC. The van der Waals surface area contributed by atoms with E-state index >= 15 is 0 Å². The van der Waals surface area contributed by atoms with Crippen molar-refractivity contribution in [3.05, 3.63) is 71.7 Å². The van der Waals surface area contributed by atoms with E-state index in [1.54, 1.807) is 39.5 Å². The van der Waals surface area contributed by atoms with Gasteiger partial charge in [0.2, 0.25) is 5.75 Å². The zero-order valence-corrected chi connectivity index (χ0v) is 20.9. The first-order chi connectivity index (χ1) is 16.0. The summed E-state index contributed by atoms with van der Waals surface area (Å²) in [4.78, 5) is 0.853. The zero-order valence-electron chi connectivity index (χ0n) is 20.1. The largest absolute Gasteiger partial charge is 0.503 e. The number of allylic oxidation sites excluding steroid dienone is 3. The van der Waals surface area contributed by atoms with Gasteiger partial charge in [-0.25, -0.2) is 0 Å². The van der Waals surface area contributed by atoms with Gasteiger partial charge in [-0.3, -0.25) is 0 Å². The maximum atomic E-state index is 10.5. The molecule has 7 heteroatoms. The van der Waals surface area contributed by atoms with Gasteiger partial charge in [-0.05, 0) is 53.4 Å². The fraction of sp³-hybridized carbons (Fsp3) is 0.231. The van der Waals surface area contributed by atoms with Gasteiger partial charge in [0.15, 0.2) is 23.0 Å². The Morgan fingerprint density at radius 3 is 1.82 bits per heavy atom. The first-order valence-electron chi connectivity index (χ1n) is 10.3. The van der Waals surface area contributed by atoms with Crippen LogP contribution in [0.3, 0.4) is 0 Å². The smallest absolute Gasteiger partial charge is 0.203 e. The van der Waals surface area contributed by atoms with E-state index in [1.165, 1.54) is 19.1 Å². The molecule has 2 N–H and O–H groups in total. The minimum absolute atomic E-state index is 0.0157. The Morgan fingerprint density at radius 2 is 1.36 bits per heavy atom.